The van der Waals surface area contributed by atoms with Crippen LogP contribution in [0.3, 0.4) is 0 Å². The molecule has 4 aliphatic heterocycles. The van der Waals surface area contributed by atoms with Gasteiger partial charge in [-0.05, 0) is 51.6 Å². The van der Waals surface area contributed by atoms with Crippen LogP contribution in [0.25, 0.3) is 0 Å². The molecule has 2 unspecified atom stereocenters. The second kappa shape index (κ2) is 4.19. The smallest absolute Gasteiger partial charge is 0.244 e. The van der Waals surface area contributed by atoms with Crippen LogP contribution in [0, 0.1) is 5.92 Å². The molecule has 5 fully saturated rings. The molecule has 1 amide bonds. The van der Waals surface area contributed by atoms with Crippen molar-refractivity contribution >= 4 is 5.91 Å². The molecule has 0 aromatic heterocycles. The van der Waals surface area contributed by atoms with Crippen molar-refractivity contribution in [3.8, 4) is 0 Å². The summed E-state index contributed by atoms with van der Waals surface area (Å²) in [6.07, 6.45) is 7.32. The van der Waals surface area contributed by atoms with Gasteiger partial charge in [-0.3, -0.25) is 10.1 Å². The molecular formula is C15H25N3O. The van der Waals surface area contributed by atoms with Crippen molar-refractivity contribution in [3.63, 3.8) is 0 Å². The number of nitrogens with zero attached hydrogens (tertiary/aromatic N) is 2. The SMILES string of the molecule is CC1NC2(CCCC2)C(=O)N1C1CN2CCC1CC2. The van der Waals surface area contributed by atoms with Crippen LogP contribution in [-0.4, -0.2) is 53.1 Å². The number of piperidine rings is 3. The number of hydrogen-bond acceptors (Lipinski definition) is 3. The van der Waals surface area contributed by atoms with E-state index < -0.39 is 0 Å². The summed E-state index contributed by atoms with van der Waals surface area (Å²) in [5.41, 5.74) is -0.189. The second-order valence-electron chi connectivity index (χ2n) is 7.03. The Labute approximate surface area is 115 Å². The van der Waals surface area contributed by atoms with E-state index in [0.717, 1.165) is 25.3 Å². The summed E-state index contributed by atoms with van der Waals surface area (Å²) in [6, 6.07) is 0.470. The summed E-state index contributed by atoms with van der Waals surface area (Å²) in [7, 11) is 0. The molecule has 19 heavy (non-hydrogen) atoms. The van der Waals surface area contributed by atoms with E-state index in [1.165, 1.54) is 38.8 Å². The van der Waals surface area contributed by atoms with Crippen LogP contribution >= 0.6 is 0 Å². The summed E-state index contributed by atoms with van der Waals surface area (Å²) in [6.45, 7) is 5.79. The molecule has 4 nitrogen and oxygen atoms in total. The number of nitrogens with one attached hydrogen (secondary N) is 1. The maximum absolute atomic E-state index is 13.0. The first-order valence-electron chi connectivity index (χ1n) is 8.02. The molecule has 4 heterocycles. The van der Waals surface area contributed by atoms with E-state index >= 15 is 0 Å². The third kappa shape index (κ3) is 1.69. The van der Waals surface area contributed by atoms with Gasteiger partial charge in [-0.15, -0.1) is 0 Å². The fourth-order valence-electron chi connectivity index (χ4n) is 4.98. The van der Waals surface area contributed by atoms with Gasteiger partial charge in [-0.2, -0.15) is 0 Å². The molecule has 0 radical (unpaired) electrons. The van der Waals surface area contributed by atoms with E-state index in [-0.39, 0.29) is 11.7 Å². The van der Waals surface area contributed by atoms with Gasteiger partial charge in [-0.25, -0.2) is 0 Å². The summed E-state index contributed by atoms with van der Waals surface area (Å²) in [5, 5.41) is 3.64. The van der Waals surface area contributed by atoms with Crippen LogP contribution in [0.5, 0.6) is 0 Å². The molecule has 1 saturated carbocycles. The molecular weight excluding hydrogens is 238 g/mol. The number of rotatable bonds is 1. The third-order valence-corrected chi connectivity index (χ3v) is 5.98. The highest BCUT2D eigenvalue weighted by molar-refractivity contribution is 5.89. The predicted octanol–water partition coefficient (Wildman–Crippen LogP) is 1.17. The summed E-state index contributed by atoms with van der Waals surface area (Å²) < 4.78 is 0. The normalized spacial score (nSPS) is 44.5. The number of fused-ring (bicyclic) bond motifs is 3. The van der Waals surface area contributed by atoms with Crippen LogP contribution in [0.2, 0.25) is 0 Å². The van der Waals surface area contributed by atoms with Crippen molar-refractivity contribution in [3.05, 3.63) is 0 Å². The van der Waals surface area contributed by atoms with E-state index in [2.05, 4.69) is 22.0 Å². The van der Waals surface area contributed by atoms with E-state index in [0.29, 0.717) is 11.9 Å². The van der Waals surface area contributed by atoms with Crippen molar-refractivity contribution < 1.29 is 4.79 Å². The monoisotopic (exact) mass is 263 g/mol. The average Bonchev–Trinajstić information content (AvgIpc) is 2.98. The number of amides is 1. The van der Waals surface area contributed by atoms with Crippen LogP contribution in [0.1, 0.15) is 45.4 Å². The Balaban J connectivity index is 1.59. The van der Waals surface area contributed by atoms with E-state index in [4.69, 9.17) is 0 Å². The minimum atomic E-state index is -0.189. The van der Waals surface area contributed by atoms with Crippen molar-refractivity contribution in [2.75, 3.05) is 19.6 Å². The third-order valence-electron chi connectivity index (χ3n) is 5.98. The first kappa shape index (κ1) is 12.2. The van der Waals surface area contributed by atoms with Gasteiger partial charge in [0.25, 0.3) is 0 Å². The summed E-state index contributed by atoms with van der Waals surface area (Å²) in [4.78, 5) is 17.7. The van der Waals surface area contributed by atoms with Gasteiger partial charge in [0.2, 0.25) is 5.91 Å². The fourth-order valence-corrected chi connectivity index (χ4v) is 4.98. The molecule has 2 atom stereocenters. The zero-order chi connectivity index (χ0) is 13.0. The van der Waals surface area contributed by atoms with Gasteiger partial charge in [0.15, 0.2) is 0 Å². The van der Waals surface area contributed by atoms with Crippen molar-refractivity contribution in [2.45, 2.75) is 63.2 Å². The molecule has 1 spiro atoms. The summed E-state index contributed by atoms with van der Waals surface area (Å²) in [5.74, 6) is 1.16. The zero-order valence-corrected chi connectivity index (χ0v) is 11.9. The average molecular weight is 263 g/mol. The zero-order valence-electron chi connectivity index (χ0n) is 11.9. The maximum atomic E-state index is 13.0. The van der Waals surface area contributed by atoms with Gasteiger partial charge in [0, 0.05) is 12.6 Å². The maximum Gasteiger partial charge on any atom is 0.244 e. The van der Waals surface area contributed by atoms with Crippen molar-refractivity contribution in [1.29, 1.82) is 0 Å². The molecule has 4 saturated heterocycles. The fraction of sp³-hybridized carbons (Fsp3) is 0.933. The Kier molecular flexibility index (Phi) is 2.68. The quantitative estimate of drug-likeness (QED) is 0.771. The van der Waals surface area contributed by atoms with Gasteiger partial charge in [-0.1, -0.05) is 12.8 Å². The standard InChI is InChI=1S/C15H25N3O/c1-11-16-15(6-2-3-7-15)14(19)18(11)13-10-17-8-4-12(13)5-9-17/h11-13,16H,2-10H2,1H3. The van der Waals surface area contributed by atoms with Crippen molar-refractivity contribution in [1.82, 2.24) is 15.1 Å². The van der Waals surface area contributed by atoms with Gasteiger partial charge >= 0.3 is 0 Å². The van der Waals surface area contributed by atoms with E-state index in [1.807, 2.05) is 0 Å². The van der Waals surface area contributed by atoms with Crippen LogP contribution in [0.4, 0.5) is 0 Å². The molecule has 106 valence electrons. The molecule has 0 aromatic rings. The van der Waals surface area contributed by atoms with Crippen molar-refractivity contribution in [2.24, 2.45) is 5.92 Å². The first-order chi connectivity index (χ1) is 9.20. The Morgan fingerprint density at radius 2 is 1.89 bits per heavy atom. The van der Waals surface area contributed by atoms with E-state index in [1.54, 1.807) is 0 Å². The molecule has 4 heteroatoms. The highest BCUT2D eigenvalue weighted by Crippen LogP contribution is 2.40. The largest absolute Gasteiger partial charge is 0.321 e. The van der Waals surface area contributed by atoms with Gasteiger partial charge in [0.05, 0.1) is 11.7 Å². The molecule has 5 rings (SSSR count). The number of carbonyl (C=O) groups is 1. The van der Waals surface area contributed by atoms with Gasteiger partial charge in [0.1, 0.15) is 0 Å². The van der Waals surface area contributed by atoms with Gasteiger partial charge < -0.3 is 9.80 Å². The topological polar surface area (TPSA) is 35.6 Å². The lowest BCUT2D eigenvalue weighted by Crippen LogP contribution is -2.60. The Bertz CT molecular complexity index is 383. The van der Waals surface area contributed by atoms with Crippen LogP contribution < -0.4 is 5.32 Å². The second-order valence-corrected chi connectivity index (χ2v) is 7.03. The molecule has 2 bridgehead atoms. The highest BCUT2D eigenvalue weighted by Gasteiger charge is 2.54. The minimum absolute atomic E-state index is 0.189. The number of carbonyl (C=O) groups excluding carboxylic acids is 1. The lowest BCUT2D eigenvalue weighted by atomic mass is 9.82. The Morgan fingerprint density at radius 1 is 1.21 bits per heavy atom. The van der Waals surface area contributed by atoms with Crippen LogP contribution in [-0.2, 0) is 4.79 Å². The van der Waals surface area contributed by atoms with Crippen LogP contribution in [0.15, 0.2) is 0 Å². The lowest BCUT2D eigenvalue weighted by molar-refractivity contribution is -0.139. The first-order valence-corrected chi connectivity index (χ1v) is 8.02. The number of hydrogen-bond donors (Lipinski definition) is 1. The Morgan fingerprint density at radius 3 is 2.47 bits per heavy atom. The minimum Gasteiger partial charge on any atom is -0.321 e. The Hall–Kier alpha value is -0.610. The summed E-state index contributed by atoms with van der Waals surface area (Å²) >= 11 is 0. The predicted molar refractivity (Wildman–Crippen MR) is 73.6 cm³/mol. The lowest BCUT2D eigenvalue weighted by Gasteiger charge is -2.49. The highest BCUT2D eigenvalue weighted by atomic mass is 16.2. The molecule has 1 aliphatic carbocycles. The molecule has 5 aliphatic rings. The van der Waals surface area contributed by atoms with E-state index in [9.17, 15) is 4.79 Å². The molecule has 0 aromatic carbocycles. The molecule has 1 N–H and O–H groups in total.